The quantitative estimate of drug-likeness (QED) is 0.858. The molecule has 0 aliphatic carbocycles. The number of carbonyl (C=O) groups excluding carboxylic acids is 1. The SMILES string of the molecule is CS(=O)(=O)NCC1CCCN(C(=O)c2ccc(Br)cn2)C1. The second-order valence-corrected chi connectivity index (χ2v) is 7.99. The van der Waals surface area contributed by atoms with Gasteiger partial charge >= 0.3 is 0 Å². The van der Waals surface area contributed by atoms with Gasteiger partial charge in [0.2, 0.25) is 10.0 Å². The number of carbonyl (C=O) groups is 1. The molecular formula is C13H18BrN3O3S. The maximum atomic E-state index is 12.4. The zero-order chi connectivity index (χ0) is 15.5. The largest absolute Gasteiger partial charge is 0.337 e. The molecule has 1 aromatic rings. The molecule has 2 rings (SSSR count). The fraction of sp³-hybridized carbons (Fsp3) is 0.538. The first-order valence-corrected chi connectivity index (χ1v) is 9.39. The third-order valence-electron chi connectivity index (χ3n) is 3.39. The van der Waals surface area contributed by atoms with E-state index >= 15 is 0 Å². The van der Waals surface area contributed by atoms with Gasteiger partial charge in [-0.1, -0.05) is 0 Å². The summed E-state index contributed by atoms with van der Waals surface area (Å²) in [6.07, 6.45) is 4.53. The number of rotatable bonds is 4. The number of sulfonamides is 1. The first-order valence-electron chi connectivity index (χ1n) is 6.70. The maximum Gasteiger partial charge on any atom is 0.272 e. The van der Waals surface area contributed by atoms with E-state index in [1.807, 2.05) is 0 Å². The van der Waals surface area contributed by atoms with E-state index in [9.17, 15) is 13.2 Å². The molecule has 1 aromatic heterocycles. The summed E-state index contributed by atoms with van der Waals surface area (Å²) in [5.41, 5.74) is 0.412. The molecule has 0 bridgehead atoms. The van der Waals surface area contributed by atoms with E-state index in [2.05, 4.69) is 25.6 Å². The Hall–Kier alpha value is -0.990. The van der Waals surface area contributed by atoms with Gasteiger partial charge in [0.05, 0.1) is 6.26 Å². The molecule has 1 aliphatic heterocycles. The van der Waals surface area contributed by atoms with Crippen molar-refractivity contribution in [1.29, 1.82) is 0 Å². The average molecular weight is 376 g/mol. The Kier molecular flexibility index (Phi) is 5.34. The molecule has 0 spiro atoms. The zero-order valence-electron chi connectivity index (χ0n) is 11.8. The highest BCUT2D eigenvalue weighted by Crippen LogP contribution is 2.18. The van der Waals surface area contributed by atoms with Gasteiger partial charge in [0, 0.05) is 30.3 Å². The van der Waals surface area contributed by atoms with E-state index in [1.165, 1.54) is 0 Å². The lowest BCUT2D eigenvalue weighted by Gasteiger charge is -2.32. The minimum absolute atomic E-state index is 0.105. The van der Waals surface area contributed by atoms with Crippen molar-refractivity contribution >= 4 is 31.9 Å². The third-order valence-corrected chi connectivity index (χ3v) is 4.55. The highest BCUT2D eigenvalue weighted by molar-refractivity contribution is 9.10. The van der Waals surface area contributed by atoms with Crippen LogP contribution >= 0.6 is 15.9 Å². The van der Waals surface area contributed by atoms with Gasteiger partial charge in [-0.25, -0.2) is 18.1 Å². The zero-order valence-corrected chi connectivity index (χ0v) is 14.2. The molecule has 6 nitrogen and oxygen atoms in total. The smallest absolute Gasteiger partial charge is 0.272 e. The number of piperidine rings is 1. The number of halogens is 1. The number of hydrogen-bond donors (Lipinski definition) is 1. The van der Waals surface area contributed by atoms with Crippen LogP contribution in [0, 0.1) is 5.92 Å². The lowest BCUT2D eigenvalue weighted by atomic mass is 9.98. The Morgan fingerprint density at radius 1 is 1.52 bits per heavy atom. The van der Waals surface area contributed by atoms with E-state index < -0.39 is 10.0 Å². The van der Waals surface area contributed by atoms with E-state index in [4.69, 9.17) is 0 Å². The molecular weight excluding hydrogens is 358 g/mol. The number of aromatic nitrogens is 1. The Bertz CT molecular complexity index is 604. The van der Waals surface area contributed by atoms with Crippen molar-refractivity contribution < 1.29 is 13.2 Å². The molecule has 1 fully saturated rings. The normalized spacial score (nSPS) is 19.5. The van der Waals surface area contributed by atoms with Gasteiger partial charge in [-0.15, -0.1) is 0 Å². The fourth-order valence-corrected chi connectivity index (χ4v) is 3.12. The van der Waals surface area contributed by atoms with E-state index in [0.717, 1.165) is 23.6 Å². The topological polar surface area (TPSA) is 79.4 Å². The summed E-state index contributed by atoms with van der Waals surface area (Å²) in [4.78, 5) is 18.2. The van der Waals surface area contributed by atoms with Gasteiger partial charge in [0.15, 0.2) is 0 Å². The second-order valence-electron chi connectivity index (χ2n) is 5.24. The molecule has 0 radical (unpaired) electrons. The summed E-state index contributed by atoms with van der Waals surface area (Å²) in [6, 6.07) is 3.47. The fourth-order valence-electron chi connectivity index (χ4n) is 2.35. The van der Waals surface area contributed by atoms with Crippen LogP contribution in [0.5, 0.6) is 0 Å². The van der Waals surface area contributed by atoms with Crippen LogP contribution in [0.3, 0.4) is 0 Å². The van der Waals surface area contributed by atoms with Crippen molar-refractivity contribution in [2.45, 2.75) is 12.8 Å². The van der Waals surface area contributed by atoms with Crippen molar-refractivity contribution in [3.63, 3.8) is 0 Å². The Labute approximate surface area is 133 Å². The minimum atomic E-state index is -3.19. The van der Waals surface area contributed by atoms with Crippen LogP contribution in [0.1, 0.15) is 23.3 Å². The number of hydrogen-bond acceptors (Lipinski definition) is 4. The Balaban J connectivity index is 1.97. The van der Waals surface area contributed by atoms with Gasteiger partial charge in [0.25, 0.3) is 5.91 Å². The van der Waals surface area contributed by atoms with Crippen molar-refractivity contribution in [2.24, 2.45) is 5.92 Å². The predicted molar refractivity (Wildman–Crippen MR) is 83.4 cm³/mol. The van der Waals surface area contributed by atoms with Crippen LogP contribution in [-0.4, -0.2) is 50.1 Å². The van der Waals surface area contributed by atoms with Crippen molar-refractivity contribution in [1.82, 2.24) is 14.6 Å². The summed E-state index contributed by atoms with van der Waals surface area (Å²) < 4.78 is 25.6. The monoisotopic (exact) mass is 375 g/mol. The van der Waals surface area contributed by atoms with E-state index in [1.54, 1.807) is 23.2 Å². The molecule has 8 heteroatoms. The lowest BCUT2D eigenvalue weighted by molar-refractivity contribution is 0.0670. The Morgan fingerprint density at radius 3 is 2.90 bits per heavy atom. The van der Waals surface area contributed by atoms with Gasteiger partial charge in [-0.2, -0.15) is 0 Å². The van der Waals surface area contributed by atoms with Crippen LogP contribution in [0.2, 0.25) is 0 Å². The van der Waals surface area contributed by atoms with Gasteiger partial charge in [0.1, 0.15) is 5.69 Å². The van der Waals surface area contributed by atoms with Gasteiger partial charge in [-0.05, 0) is 46.8 Å². The molecule has 21 heavy (non-hydrogen) atoms. The third kappa shape index (κ3) is 5.05. The van der Waals surface area contributed by atoms with Gasteiger partial charge in [-0.3, -0.25) is 4.79 Å². The summed E-state index contributed by atoms with van der Waals surface area (Å²) >= 11 is 3.29. The highest BCUT2D eigenvalue weighted by atomic mass is 79.9. The summed E-state index contributed by atoms with van der Waals surface area (Å²) in [5.74, 6) is 0.0411. The van der Waals surface area contributed by atoms with E-state index in [-0.39, 0.29) is 11.8 Å². The van der Waals surface area contributed by atoms with Crippen molar-refractivity contribution in [2.75, 3.05) is 25.9 Å². The molecule has 1 unspecified atom stereocenters. The summed E-state index contributed by atoms with van der Waals surface area (Å²) in [5, 5.41) is 0. The average Bonchev–Trinajstić information content (AvgIpc) is 2.45. The molecule has 2 heterocycles. The second kappa shape index (κ2) is 6.85. The number of nitrogens with zero attached hydrogens (tertiary/aromatic N) is 2. The van der Waals surface area contributed by atoms with Crippen LogP contribution in [0.4, 0.5) is 0 Å². The van der Waals surface area contributed by atoms with Crippen molar-refractivity contribution in [3.05, 3.63) is 28.5 Å². The number of pyridine rings is 1. The van der Waals surface area contributed by atoms with Crippen LogP contribution in [0.25, 0.3) is 0 Å². The number of likely N-dealkylation sites (tertiary alicyclic amines) is 1. The highest BCUT2D eigenvalue weighted by Gasteiger charge is 2.25. The predicted octanol–water partition coefficient (Wildman–Crippen LogP) is 1.25. The summed E-state index contributed by atoms with van der Waals surface area (Å²) in [6.45, 7) is 1.61. The number of nitrogens with one attached hydrogen (secondary N) is 1. The first-order chi connectivity index (χ1) is 9.85. The minimum Gasteiger partial charge on any atom is -0.337 e. The standard InChI is InChI=1S/C13H18BrN3O3S/c1-21(19,20)16-7-10-3-2-6-17(9-10)13(18)12-5-4-11(14)8-15-12/h4-5,8,10,16H,2-3,6-7,9H2,1H3. The van der Waals surface area contributed by atoms with Gasteiger partial charge < -0.3 is 4.90 Å². The first kappa shape index (κ1) is 16.4. The van der Waals surface area contributed by atoms with Crippen LogP contribution < -0.4 is 4.72 Å². The molecule has 1 aliphatic rings. The van der Waals surface area contributed by atoms with Crippen molar-refractivity contribution in [3.8, 4) is 0 Å². The lowest BCUT2D eigenvalue weighted by Crippen LogP contribution is -2.43. The van der Waals surface area contributed by atoms with Crippen LogP contribution in [0.15, 0.2) is 22.8 Å². The molecule has 1 atom stereocenters. The Morgan fingerprint density at radius 2 is 2.29 bits per heavy atom. The molecule has 0 saturated carbocycles. The molecule has 1 saturated heterocycles. The molecule has 0 aromatic carbocycles. The maximum absolute atomic E-state index is 12.4. The molecule has 1 N–H and O–H groups in total. The number of amides is 1. The van der Waals surface area contributed by atoms with Crippen LogP contribution in [-0.2, 0) is 10.0 Å². The molecule has 1 amide bonds. The van der Waals surface area contributed by atoms with E-state index in [0.29, 0.717) is 25.3 Å². The summed E-state index contributed by atoms with van der Waals surface area (Å²) in [7, 11) is -3.19. The molecule has 116 valence electrons.